The van der Waals surface area contributed by atoms with Crippen molar-refractivity contribution in [1.29, 1.82) is 0 Å². The van der Waals surface area contributed by atoms with E-state index in [2.05, 4.69) is 10.2 Å². The van der Waals surface area contributed by atoms with Gasteiger partial charge in [0.05, 0.1) is 26.7 Å². The SMILES string of the molecule is O=C1c2ccccc2C(=O)N1c1[nH][nH]c(=O)c1Cc1cccc(Cl)c1Cl. The number of carbonyl (C=O) groups excluding carboxylic acids is 2. The number of H-pyrrole nitrogens is 2. The van der Waals surface area contributed by atoms with Crippen LogP contribution in [0.5, 0.6) is 0 Å². The Labute approximate surface area is 157 Å². The molecule has 2 N–H and O–H groups in total. The molecule has 0 unspecified atom stereocenters. The van der Waals surface area contributed by atoms with Crippen molar-refractivity contribution in [1.82, 2.24) is 10.2 Å². The molecule has 8 heteroatoms. The molecule has 3 aromatic rings. The fourth-order valence-electron chi connectivity index (χ4n) is 3.00. The molecule has 0 aliphatic carbocycles. The molecule has 1 aliphatic rings. The number of imide groups is 1. The summed E-state index contributed by atoms with van der Waals surface area (Å²) in [6.45, 7) is 0. The monoisotopic (exact) mass is 387 g/mol. The van der Waals surface area contributed by atoms with Crippen LogP contribution in [0, 0.1) is 0 Å². The Balaban J connectivity index is 1.79. The number of aromatic nitrogens is 2. The Bertz CT molecular complexity index is 1080. The van der Waals surface area contributed by atoms with E-state index in [-0.39, 0.29) is 17.8 Å². The van der Waals surface area contributed by atoms with E-state index >= 15 is 0 Å². The first-order valence-corrected chi connectivity index (χ1v) is 8.45. The quantitative estimate of drug-likeness (QED) is 0.675. The third-order valence-corrected chi connectivity index (χ3v) is 5.13. The lowest BCUT2D eigenvalue weighted by Crippen LogP contribution is -2.31. The minimum absolute atomic E-state index is 0.109. The summed E-state index contributed by atoms with van der Waals surface area (Å²) in [5.41, 5.74) is 0.996. The molecule has 2 aromatic carbocycles. The lowest BCUT2D eigenvalue weighted by atomic mass is 10.1. The highest BCUT2D eigenvalue weighted by atomic mass is 35.5. The van der Waals surface area contributed by atoms with Gasteiger partial charge >= 0.3 is 0 Å². The van der Waals surface area contributed by atoms with Crippen LogP contribution in [-0.4, -0.2) is 22.0 Å². The number of halogens is 2. The van der Waals surface area contributed by atoms with E-state index in [0.717, 1.165) is 4.90 Å². The van der Waals surface area contributed by atoms with Crippen molar-refractivity contribution < 1.29 is 9.59 Å². The molecule has 4 rings (SSSR count). The standard InChI is InChI=1S/C18H11Cl2N3O3/c19-13-7-3-4-9(14(13)20)8-12-15(21-22-16(12)24)23-17(25)10-5-1-2-6-11(10)18(23)26/h1-7H,8H2,(H2,21,22,24). The number of hydrogen-bond acceptors (Lipinski definition) is 3. The Hall–Kier alpha value is -2.83. The maximum absolute atomic E-state index is 12.7. The minimum atomic E-state index is -0.487. The molecule has 0 saturated heterocycles. The number of anilines is 1. The van der Waals surface area contributed by atoms with Crippen molar-refractivity contribution in [2.24, 2.45) is 0 Å². The van der Waals surface area contributed by atoms with Gasteiger partial charge in [-0.25, -0.2) is 4.90 Å². The minimum Gasteiger partial charge on any atom is -0.282 e. The van der Waals surface area contributed by atoms with Gasteiger partial charge in [-0.05, 0) is 23.8 Å². The zero-order valence-corrected chi connectivity index (χ0v) is 14.7. The topological polar surface area (TPSA) is 86.0 Å². The molecule has 1 aromatic heterocycles. The summed E-state index contributed by atoms with van der Waals surface area (Å²) in [6.07, 6.45) is 0.112. The molecule has 0 bridgehead atoms. The van der Waals surface area contributed by atoms with Crippen molar-refractivity contribution in [2.45, 2.75) is 6.42 Å². The number of aromatic amines is 2. The molecule has 1 aliphatic heterocycles. The van der Waals surface area contributed by atoms with Crippen LogP contribution in [0.25, 0.3) is 0 Å². The fourth-order valence-corrected chi connectivity index (χ4v) is 3.38. The number of nitrogens with one attached hydrogen (secondary N) is 2. The summed E-state index contributed by atoms with van der Waals surface area (Å²) in [5.74, 6) is -0.865. The average Bonchev–Trinajstić information content (AvgIpc) is 3.11. The van der Waals surface area contributed by atoms with Crippen molar-refractivity contribution in [3.05, 3.63) is 85.1 Å². The normalized spacial score (nSPS) is 13.4. The van der Waals surface area contributed by atoms with E-state index in [0.29, 0.717) is 26.7 Å². The zero-order valence-electron chi connectivity index (χ0n) is 13.2. The van der Waals surface area contributed by atoms with E-state index in [1.54, 1.807) is 42.5 Å². The van der Waals surface area contributed by atoms with Gasteiger partial charge in [-0.2, -0.15) is 0 Å². The molecule has 0 spiro atoms. The molecule has 2 amide bonds. The second-order valence-electron chi connectivity index (χ2n) is 5.79. The Morgan fingerprint density at radius 3 is 2.15 bits per heavy atom. The van der Waals surface area contributed by atoms with Gasteiger partial charge in [0.2, 0.25) is 0 Å². The van der Waals surface area contributed by atoms with E-state index in [1.165, 1.54) is 0 Å². The van der Waals surface area contributed by atoms with Crippen LogP contribution in [-0.2, 0) is 6.42 Å². The summed E-state index contributed by atoms with van der Waals surface area (Å²) in [7, 11) is 0. The van der Waals surface area contributed by atoms with Crippen LogP contribution >= 0.6 is 23.2 Å². The fraction of sp³-hybridized carbons (Fsp3) is 0.0556. The van der Waals surface area contributed by atoms with Crippen molar-refractivity contribution in [3.8, 4) is 0 Å². The number of amides is 2. The predicted molar refractivity (Wildman–Crippen MR) is 98.3 cm³/mol. The molecule has 0 radical (unpaired) electrons. The second kappa shape index (κ2) is 6.16. The van der Waals surface area contributed by atoms with Crippen LogP contribution in [0.1, 0.15) is 31.8 Å². The van der Waals surface area contributed by atoms with Gasteiger partial charge in [0.25, 0.3) is 17.4 Å². The smallest absolute Gasteiger partial charge is 0.269 e. The first-order chi connectivity index (χ1) is 12.5. The first kappa shape index (κ1) is 16.6. The van der Waals surface area contributed by atoms with Gasteiger partial charge in [-0.15, -0.1) is 0 Å². The van der Waals surface area contributed by atoms with E-state index in [1.807, 2.05) is 0 Å². The molecular weight excluding hydrogens is 377 g/mol. The molecule has 6 nitrogen and oxygen atoms in total. The zero-order chi connectivity index (χ0) is 18.4. The molecule has 0 fully saturated rings. The third kappa shape index (κ3) is 2.46. The van der Waals surface area contributed by atoms with Gasteiger partial charge in [-0.1, -0.05) is 47.5 Å². The molecule has 2 heterocycles. The summed E-state index contributed by atoms with van der Waals surface area (Å²) in [6, 6.07) is 11.6. The summed E-state index contributed by atoms with van der Waals surface area (Å²) in [5, 5.41) is 5.75. The molecule has 26 heavy (non-hydrogen) atoms. The average molecular weight is 388 g/mol. The van der Waals surface area contributed by atoms with Gasteiger partial charge < -0.3 is 0 Å². The molecule has 130 valence electrons. The van der Waals surface area contributed by atoms with Crippen LogP contribution in [0.2, 0.25) is 10.0 Å². The van der Waals surface area contributed by atoms with Gasteiger partial charge in [-0.3, -0.25) is 24.6 Å². The Morgan fingerprint density at radius 2 is 1.50 bits per heavy atom. The molecule has 0 saturated carbocycles. The van der Waals surface area contributed by atoms with Crippen molar-refractivity contribution >= 4 is 40.8 Å². The molecular formula is C18H11Cl2N3O3. The highest BCUT2D eigenvalue weighted by Crippen LogP contribution is 2.31. The summed E-state index contributed by atoms with van der Waals surface area (Å²) < 4.78 is 0. The third-order valence-electron chi connectivity index (χ3n) is 4.27. The van der Waals surface area contributed by atoms with E-state index < -0.39 is 17.4 Å². The number of nitrogens with zero attached hydrogens (tertiary/aromatic N) is 1. The van der Waals surface area contributed by atoms with Gasteiger partial charge in [0.1, 0.15) is 5.82 Å². The number of hydrogen-bond donors (Lipinski definition) is 2. The highest BCUT2D eigenvalue weighted by molar-refractivity contribution is 6.42. The number of carbonyl (C=O) groups is 2. The maximum Gasteiger partial charge on any atom is 0.269 e. The van der Waals surface area contributed by atoms with Gasteiger partial charge in [0.15, 0.2) is 0 Å². The number of benzene rings is 2. The second-order valence-corrected chi connectivity index (χ2v) is 6.57. The number of fused-ring (bicyclic) bond motifs is 1. The number of rotatable bonds is 3. The van der Waals surface area contributed by atoms with Crippen LogP contribution in [0.15, 0.2) is 47.3 Å². The lowest BCUT2D eigenvalue weighted by Gasteiger charge is -2.14. The van der Waals surface area contributed by atoms with Crippen LogP contribution in [0.4, 0.5) is 5.82 Å². The van der Waals surface area contributed by atoms with Crippen LogP contribution < -0.4 is 10.5 Å². The van der Waals surface area contributed by atoms with E-state index in [9.17, 15) is 14.4 Å². The highest BCUT2D eigenvalue weighted by Gasteiger charge is 2.38. The Kier molecular flexibility index (Phi) is 3.94. The molecule has 0 atom stereocenters. The van der Waals surface area contributed by atoms with E-state index in [4.69, 9.17) is 23.2 Å². The van der Waals surface area contributed by atoms with Crippen molar-refractivity contribution in [3.63, 3.8) is 0 Å². The maximum atomic E-state index is 12.7. The lowest BCUT2D eigenvalue weighted by molar-refractivity contribution is 0.0924. The first-order valence-electron chi connectivity index (χ1n) is 7.69. The Morgan fingerprint density at radius 1 is 0.846 bits per heavy atom. The van der Waals surface area contributed by atoms with Crippen molar-refractivity contribution in [2.75, 3.05) is 4.90 Å². The largest absolute Gasteiger partial charge is 0.282 e. The summed E-state index contributed by atoms with van der Waals surface area (Å²) >= 11 is 12.2. The predicted octanol–water partition coefficient (Wildman–Crippen LogP) is 3.40. The van der Waals surface area contributed by atoms with Crippen LogP contribution in [0.3, 0.4) is 0 Å². The van der Waals surface area contributed by atoms with Gasteiger partial charge in [0, 0.05) is 6.42 Å². The summed E-state index contributed by atoms with van der Waals surface area (Å²) in [4.78, 5) is 38.6.